The summed E-state index contributed by atoms with van der Waals surface area (Å²) in [5.41, 5.74) is 9.23. The smallest absolute Gasteiger partial charge is 0.309 e. The van der Waals surface area contributed by atoms with Gasteiger partial charge in [0.25, 0.3) is 0 Å². The number of carboxylic acid groups (broad SMARTS) is 1. The molecule has 0 aliphatic heterocycles. The first kappa shape index (κ1) is 106. The third kappa shape index (κ3) is 24.5. The van der Waals surface area contributed by atoms with E-state index >= 15 is 0 Å². The van der Waals surface area contributed by atoms with Gasteiger partial charge in [0.15, 0.2) is 0 Å². The van der Waals surface area contributed by atoms with E-state index < -0.39 is 31.6 Å². The van der Waals surface area contributed by atoms with E-state index in [4.69, 9.17) is 35.1 Å². The van der Waals surface area contributed by atoms with Crippen molar-refractivity contribution in [1.82, 2.24) is 19.9 Å². The van der Waals surface area contributed by atoms with Gasteiger partial charge in [-0.25, -0.2) is 4.21 Å². The van der Waals surface area contributed by atoms with Crippen LogP contribution in [0.1, 0.15) is 165 Å². The number of rotatable bonds is 19. The van der Waals surface area contributed by atoms with E-state index in [1.54, 1.807) is 55.8 Å². The summed E-state index contributed by atoms with van der Waals surface area (Å²) in [6, 6.07) is 64.0. The maximum atomic E-state index is 12.0. The molecule has 0 fully saturated rings. The van der Waals surface area contributed by atoms with Crippen LogP contribution in [0, 0.1) is 52.8 Å². The average molecular weight is 1950 g/mol. The van der Waals surface area contributed by atoms with Crippen LogP contribution < -0.4 is 0 Å². The fourth-order valence-electron chi connectivity index (χ4n) is 14.4. The molecule has 127 heavy (non-hydrogen) atoms. The Labute approximate surface area is 788 Å². The van der Waals surface area contributed by atoms with E-state index in [9.17, 15) is 45.3 Å². The Kier molecular flexibility index (Phi) is 40.2. The van der Waals surface area contributed by atoms with E-state index in [1.807, 2.05) is 223 Å². The van der Waals surface area contributed by atoms with Crippen molar-refractivity contribution in [3.63, 3.8) is 0 Å². The molecule has 8 aromatic carbocycles. The molecular weight excluding hydrogens is 1850 g/mol. The number of aromatic nitrogens is 4. The minimum absolute atomic E-state index is 0. The summed E-state index contributed by atoms with van der Waals surface area (Å²) in [6.07, 6.45) is 15.1. The van der Waals surface area contributed by atoms with Gasteiger partial charge < -0.3 is 31.9 Å². The fraction of sp³-hybridized carbons (Fsp3) is 0.230. The van der Waals surface area contributed by atoms with Crippen LogP contribution in [0.5, 0.6) is 0 Å². The number of halogens is 3. The van der Waals surface area contributed by atoms with Crippen LogP contribution in [0.15, 0.2) is 219 Å². The Morgan fingerprint density at radius 3 is 0.984 bits per heavy atom. The van der Waals surface area contributed by atoms with Gasteiger partial charge in [0.05, 0.1) is 116 Å². The van der Waals surface area contributed by atoms with Crippen molar-refractivity contribution in [3.05, 3.63) is 269 Å². The Morgan fingerprint density at radius 1 is 0.409 bits per heavy atom. The van der Waals surface area contributed by atoms with E-state index in [1.165, 1.54) is 22.7 Å². The Morgan fingerprint density at radius 2 is 0.677 bits per heavy atom. The number of carboxylic acids is 1. The van der Waals surface area contributed by atoms with E-state index in [2.05, 4.69) is 77.7 Å². The number of aliphatic hydroxyl groups is 1. The Bertz CT molecular complexity index is 6610. The number of alkyl halides is 1. The van der Waals surface area contributed by atoms with Gasteiger partial charge in [-0.1, -0.05) is 172 Å². The number of thiophene rings is 4. The predicted octanol–water partition coefficient (Wildman–Crippen LogP) is 27.8. The normalized spacial score (nSPS) is 11.8. The van der Waals surface area contributed by atoms with Crippen LogP contribution >= 0.6 is 78.3 Å². The third-order valence-electron chi connectivity index (χ3n) is 20.0. The zero-order chi connectivity index (χ0) is 85.5. The molecule has 0 aliphatic carbocycles. The minimum Gasteiger partial charge on any atom is -0.481 e. The third-order valence-corrected chi connectivity index (χ3v) is 25.7. The number of carbonyl (C=O) groups excluding carboxylic acids is 3. The van der Waals surface area contributed by atoms with Crippen molar-refractivity contribution in [1.29, 1.82) is 21.0 Å². The quantitative estimate of drug-likeness (QED) is 0.0190. The number of ether oxygens (including phenoxy) is 3. The molecule has 0 radical (unpaired) electrons. The number of hydrogen-bond donors (Lipinski definition) is 2. The number of esters is 3. The second-order valence-corrected chi connectivity index (χ2v) is 36.0. The first-order valence-electron chi connectivity index (χ1n) is 37.9. The summed E-state index contributed by atoms with van der Waals surface area (Å²) in [6.45, 7) is 13.8. The van der Waals surface area contributed by atoms with Crippen molar-refractivity contribution in [2.75, 3.05) is 19.8 Å². The molecule has 8 heterocycles. The number of hydrogen-bond acceptors (Lipinski definition) is 21. The van der Waals surface area contributed by atoms with Crippen LogP contribution in [0.25, 0.3) is 128 Å². The molecule has 0 amide bonds. The van der Waals surface area contributed by atoms with Crippen LogP contribution in [-0.2, 0) is 73.5 Å². The van der Waals surface area contributed by atoms with Gasteiger partial charge in [-0.15, -0.1) is 56.9 Å². The molecule has 0 saturated carbocycles. The summed E-state index contributed by atoms with van der Waals surface area (Å²) in [4.78, 5) is 67.4. The number of pyridine rings is 4. The van der Waals surface area contributed by atoms with E-state index in [0.29, 0.717) is 46.8 Å². The first-order chi connectivity index (χ1) is 57.8. The van der Waals surface area contributed by atoms with Gasteiger partial charge in [-0.2, -0.15) is 21.0 Å². The van der Waals surface area contributed by atoms with Gasteiger partial charge in [-0.3, -0.25) is 39.1 Å². The van der Waals surface area contributed by atoms with Gasteiger partial charge in [0.2, 0.25) is 9.23 Å². The zero-order valence-electron chi connectivity index (χ0n) is 67.1. The van der Waals surface area contributed by atoms with Crippen molar-refractivity contribution in [2.24, 2.45) is 0 Å². The van der Waals surface area contributed by atoms with Crippen LogP contribution in [0.2, 0.25) is 0 Å². The van der Waals surface area contributed by atoms with Crippen molar-refractivity contribution < 1.29 is 68.2 Å². The summed E-state index contributed by atoms with van der Waals surface area (Å²) in [5.74, 6) is -1.69. The summed E-state index contributed by atoms with van der Waals surface area (Å²) in [5, 5.41) is 69.6. The molecule has 0 bridgehead atoms. The Balaban J connectivity index is 0.000000291. The standard InChI is InChI=1S/C24H19ClN2O2S.C24H20N2O3S.C24H20N2O2S.C22H16N2O2S.5CH4.CH3.Cl2OS.Pd/c1-3-29-23(28)11-24(2,25)22-10-19-20(13-27-14-21(19)30-22)18-9-8-15(12-26)16-6-4-5-7-17(16)18;1-3-29-23(27)11-24(2,28)22-10-19-20(13-26-14-21(19)30-22)18-9-8-15(12-25)16-6-4-5-7-17(16)18;1-3-28-24(27)10-15(2)22-11-20-21(13-26-14-23(20)29-22)19-9-8-16(12-25)17-6-4-5-7-18(17)19;1-13(8-22(25)26)20-9-18-19(11-24-12-21(18)27-20)17-7-6-14(10-23)15-4-2-3-5-16(15)17;;;;;;;1-4(2)3;/h4-10,13-14H,3,11H2,1-2H3;4-10,13-14,28H,3,11H2,1-2H3;4-9,11,13-15H,3,10H2,1-2H3;2-7,9,11-13H,8H2,1H3,(H,25,26);5*1H4;1H3;;/q;;;;;;;;;-1;;. The molecule has 4 atom stereocenters. The number of nitriles is 4. The number of fused-ring (bicyclic) bond motifs is 8. The molecule has 16 aromatic rings. The van der Waals surface area contributed by atoms with Crippen LogP contribution in [0.3, 0.4) is 0 Å². The number of nitrogens with zero attached hydrogens (tertiary/aromatic N) is 8. The molecule has 0 saturated heterocycles. The minimum atomic E-state index is -1.67. The second kappa shape index (κ2) is 48.0. The largest absolute Gasteiger partial charge is 0.481 e. The molecule has 2 N–H and O–H groups in total. The van der Waals surface area contributed by atoms with Gasteiger partial charge in [-0.05, 0) is 127 Å². The number of carbonyl (C=O) groups is 4. The van der Waals surface area contributed by atoms with Gasteiger partial charge in [0, 0.05) is 188 Å². The average Bonchev–Trinajstić information content (AvgIpc) is 1.70. The molecule has 8 aromatic heterocycles. The number of aliphatic carboxylic acids is 1. The first-order valence-corrected chi connectivity index (χ1v) is 44.3. The Hall–Kier alpha value is -11.3. The van der Waals surface area contributed by atoms with Crippen molar-refractivity contribution in [2.45, 2.75) is 134 Å². The van der Waals surface area contributed by atoms with E-state index in [-0.39, 0.29) is 115 Å². The zero-order valence-corrected chi connectivity index (χ0v) is 75.0. The molecule has 660 valence electrons. The van der Waals surface area contributed by atoms with E-state index in [0.717, 1.165) is 143 Å². The monoisotopic (exact) mass is 1940 g/mol. The SMILES string of the molecule is C.C.C.C.C.CC(CC(=O)O)c1cc2c(-c3ccc(C#N)c4ccccc34)cncc2s1.CCOC(=O)CC(C)(Cl)c1cc2c(-c3ccc(C#N)c4ccccc34)cncc2s1.CCOC(=O)CC(C)(O)c1cc2c(-c3ccc(C#N)c4ccccc34)cncc2s1.CCOC(=O)CC(C)c1cc2c(-c3ccc(C#N)c4ccccc34)cncc2s1.O=S(Cl)Cl.[CH3-].[Pd]. The van der Waals surface area contributed by atoms with Crippen LogP contribution in [0.4, 0.5) is 0 Å². The van der Waals surface area contributed by atoms with Crippen molar-refractivity contribution >= 4 is 195 Å². The molecule has 16 rings (SSSR count). The molecule has 0 spiro atoms. The van der Waals surface area contributed by atoms with Gasteiger partial charge in [0.1, 0.15) is 5.60 Å². The maximum Gasteiger partial charge on any atom is 0.309 e. The summed E-state index contributed by atoms with van der Waals surface area (Å²) >= 11 is 13.0. The van der Waals surface area contributed by atoms with Crippen LogP contribution in [-0.4, -0.2) is 78.1 Å². The number of benzene rings is 8. The molecule has 0 aliphatic rings. The second-order valence-electron chi connectivity index (χ2n) is 28.2. The summed E-state index contributed by atoms with van der Waals surface area (Å²) in [7, 11) is 7.36. The molecule has 27 heteroatoms. The topological polar surface area (TPSA) is 300 Å². The maximum absolute atomic E-state index is 12.0. The predicted molar refractivity (Wildman–Crippen MR) is 525 cm³/mol. The van der Waals surface area contributed by atoms with Crippen molar-refractivity contribution in [3.8, 4) is 68.8 Å². The molecular formula is C100H98Cl3N8O10PdS5-. The van der Waals surface area contributed by atoms with Gasteiger partial charge >= 0.3 is 23.9 Å². The molecule has 18 nitrogen and oxygen atoms in total. The fourth-order valence-corrected chi connectivity index (χ4v) is 19.0. The molecule has 4 unspecified atom stereocenters. The summed E-state index contributed by atoms with van der Waals surface area (Å²) < 4.78 is 28.3.